The number of ether oxygens (including phenoxy) is 1. The van der Waals surface area contributed by atoms with Gasteiger partial charge in [0.15, 0.2) is 23.1 Å². The number of nitrogens with one attached hydrogen (secondary N) is 1. The zero-order chi connectivity index (χ0) is 21.8. The first-order chi connectivity index (χ1) is 14.8. The predicted molar refractivity (Wildman–Crippen MR) is 106 cm³/mol. The average Bonchev–Trinajstić information content (AvgIpc) is 3.26. The summed E-state index contributed by atoms with van der Waals surface area (Å²) in [5, 5.41) is 0. The van der Waals surface area contributed by atoms with E-state index in [1.54, 1.807) is 12.1 Å². The molecule has 164 valence electrons. The Labute approximate surface area is 174 Å². The summed E-state index contributed by atoms with van der Waals surface area (Å²) in [4.78, 5) is 22.4. The summed E-state index contributed by atoms with van der Waals surface area (Å²) in [7, 11) is -4.03. The van der Waals surface area contributed by atoms with E-state index in [1.807, 2.05) is 18.2 Å². The number of phosphoric acid groups is 1. The van der Waals surface area contributed by atoms with Crippen molar-refractivity contribution in [1.82, 2.24) is 19.5 Å². The molecule has 5 rings (SSSR count). The summed E-state index contributed by atoms with van der Waals surface area (Å²) in [6.45, 7) is 1.02. The number of nitrogen functional groups attached to an aromatic ring is 1. The SMILES string of the molecule is C[C@@]1(F)[C@@H]2OP(=O)(OCc3ccccc3)OC[C@H]2O[C@H]1n1cnc2c(=O)[nH]c(N)nc21. The van der Waals surface area contributed by atoms with E-state index in [2.05, 4.69) is 15.0 Å². The van der Waals surface area contributed by atoms with Crippen LogP contribution < -0.4 is 11.3 Å². The molecule has 1 unspecified atom stereocenters. The molecule has 0 radical (unpaired) electrons. The number of imidazole rings is 1. The van der Waals surface area contributed by atoms with Crippen molar-refractivity contribution in [3.8, 4) is 0 Å². The number of phosphoric ester groups is 1. The van der Waals surface area contributed by atoms with Crippen LogP contribution in [0, 0.1) is 0 Å². The number of alkyl halides is 1. The highest BCUT2D eigenvalue weighted by Gasteiger charge is 2.61. The molecule has 3 N–H and O–H groups in total. The molecule has 3 aromatic rings. The smallest absolute Gasteiger partial charge is 0.369 e. The van der Waals surface area contributed by atoms with Gasteiger partial charge in [0, 0.05) is 0 Å². The van der Waals surface area contributed by atoms with Crippen molar-refractivity contribution in [2.75, 3.05) is 12.3 Å². The molecular formula is C18H19FN5O6P. The third kappa shape index (κ3) is 3.46. The number of aromatic amines is 1. The van der Waals surface area contributed by atoms with Crippen molar-refractivity contribution in [1.29, 1.82) is 0 Å². The summed E-state index contributed by atoms with van der Waals surface area (Å²) in [6, 6.07) is 9.03. The van der Waals surface area contributed by atoms with Crippen molar-refractivity contribution in [2.24, 2.45) is 0 Å². The number of aromatic nitrogens is 4. The van der Waals surface area contributed by atoms with Crippen molar-refractivity contribution >= 4 is 24.9 Å². The van der Waals surface area contributed by atoms with Crippen molar-refractivity contribution in [2.45, 2.75) is 37.6 Å². The number of rotatable bonds is 4. The van der Waals surface area contributed by atoms with Crippen molar-refractivity contribution in [3.63, 3.8) is 0 Å². The Hall–Kier alpha value is -2.63. The van der Waals surface area contributed by atoms with Crippen LogP contribution in [0.4, 0.5) is 10.3 Å². The van der Waals surface area contributed by atoms with Crippen LogP contribution in [0.1, 0.15) is 18.7 Å². The maximum absolute atomic E-state index is 15.9. The first kappa shape index (κ1) is 20.3. The number of fused-ring (bicyclic) bond motifs is 2. The number of anilines is 1. The van der Waals surface area contributed by atoms with Crippen LogP contribution in [-0.4, -0.2) is 44.0 Å². The molecule has 13 heteroatoms. The first-order valence-electron chi connectivity index (χ1n) is 9.45. The van der Waals surface area contributed by atoms with Gasteiger partial charge in [-0.25, -0.2) is 13.9 Å². The van der Waals surface area contributed by atoms with E-state index < -0.39 is 37.5 Å². The van der Waals surface area contributed by atoms with Crippen LogP contribution in [0.5, 0.6) is 0 Å². The van der Waals surface area contributed by atoms with Crippen LogP contribution in [0.3, 0.4) is 0 Å². The maximum atomic E-state index is 15.9. The van der Waals surface area contributed by atoms with Gasteiger partial charge in [-0.15, -0.1) is 0 Å². The van der Waals surface area contributed by atoms with E-state index >= 15 is 4.39 Å². The molecule has 2 saturated heterocycles. The van der Waals surface area contributed by atoms with E-state index in [9.17, 15) is 9.36 Å². The second-order valence-electron chi connectivity index (χ2n) is 7.48. The van der Waals surface area contributed by atoms with Crippen molar-refractivity contribution < 1.29 is 27.3 Å². The fourth-order valence-electron chi connectivity index (χ4n) is 3.75. The highest BCUT2D eigenvalue weighted by molar-refractivity contribution is 7.48. The Morgan fingerprint density at radius 2 is 2.19 bits per heavy atom. The second-order valence-corrected chi connectivity index (χ2v) is 9.10. The first-order valence-corrected chi connectivity index (χ1v) is 10.9. The molecule has 2 fully saturated rings. The monoisotopic (exact) mass is 451 g/mol. The molecule has 5 atom stereocenters. The second kappa shape index (κ2) is 7.21. The minimum Gasteiger partial charge on any atom is -0.369 e. The fraction of sp³-hybridized carbons (Fsp3) is 0.389. The molecular weight excluding hydrogens is 432 g/mol. The number of hydrogen-bond acceptors (Lipinski definition) is 9. The van der Waals surface area contributed by atoms with Gasteiger partial charge >= 0.3 is 7.82 Å². The quantitative estimate of drug-likeness (QED) is 0.570. The Morgan fingerprint density at radius 3 is 2.97 bits per heavy atom. The number of nitrogens with zero attached hydrogens (tertiary/aromatic N) is 3. The number of hydrogen-bond donors (Lipinski definition) is 2. The van der Waals surface area contributed by atoms with Crippen LogP contribution in [0.25, 0.3) is 11.2 Å². The molecule has 2 aliphatic heterocycles. The van der Waals surface area contributed by atoms with Gasteiger partial charge in [-0.3, -0.25) is 27.9 Å². The fourth-order valence-corrected chi connectivity index (χ4v) is 5.21. The lowest BCUT2D eigenvalue weighted by Crippen LogP contribution is -2.44. The van der Waals surface area contributed by atoms with E-state index in [-0.39, 0.29) is 30.3 Å². The van der Waals surface area contributed by atoms with Crippen LogP contribution >= 0.6 is 7.82 Å². The molecule has 0 amide bonds. The Balaban J connectivity index is 1.41. The van der Waals surface area contributed by atoms with Gasteiger partial charge in [-0.2, -0.15) is 4.98 Å². The molecule has 1 aromatic carbocycles. The van der Waals surface area contributed by atoms with Gasteiger partial charge in [0.1, 0.15) is 12.2 Å². The van der Waals surface area contributed by atoms with Crippen LogP contribution in [0.2, 0.25) is 0 Å². The summed E-state index contributed by atoms with van der Waals surface area (Å²) in [6.07, 6.45) is -2.15. The highest BCUT2D eigenvalue weighted by atomic mass is 31.2. The lowest BCUT2D eigenvalue weighted by Gasteiger charge is -2.33. The Kier molecular flexibility index (Phi) is 4.72. The van der Waals surface area contributed by atoms with Gasteiger partial charge in [0.25, 0.3) is 5.56 Å². The van der Waals surface area contributed by atoms with Gasteiger partial charge in [0.05, 0.1) is 19.5 Å². The molecule has 31 heavy (non-hydrogen) atoms. The minimum absolute atomic E-state index is 0.0162. The predicted octanol–water partition coefficient (Wildman–Crippen LogP) is 2.07. The zero-order valence-electron chi connectivity index (χ0n) is 16.3. The van der Waals surface area contributed by atoms with E-state index in [0.717, 1.165) is 5.56 Å². The Bertz CT molecular complexity index is 1230. The molecule has 4 heterocycles. The summed E-state index contributed by atoms with van der Waals surface area (Å²) >= 11 is 0. The third-order valence-corrected chi connectivity index (χ3v) is 6.65. The van der Waals surface area contributed by atoms with Gasteiger partial charge in [-0.1, -0.05) is 30.3 Å². The molecule has 0 bridgehead atoms. The molecule has 0 spiro atoms. The number of nitrogens with two attached hydrogens (primary N) is 1. The average molecular weight is 451 g/mol. The van der Waals surface area contributed by atoms with E-state index in [0.29, 0.717) is 0 Å². The third-order valence-electron chi connectivity index (χ3n) is 5.26. The summed E-state index contributed by atoms with van der Waals surface area (Å²) in [5.41, 5.74) is 3.68. The molecule has 2 aliphatic rings. The largest absolute Gasteiger partial charge is 0.475 e. The molecule has 2 aromatic heterocycles. The van der Waals surface area contributed by atoms with Gasteiger partial charge in [0.2, 0.25) is 5.95 Å². The molecule has 11 nitrogen and oxygen atoms in total. The standard InChI is InChI=1S/C18H19FN5O6P/c1-18(19)13-11(8-28-31(26,30-13)27-7-10-5-3-2-4-6-10)29-16(18)24-9-21-12-14(24)22-17(20)23-15(12)25/h2-6,9,11,13,16H,7-8H2,1H3,(H3,20,22,23,25)/t11-,13-,16-,18-,31?/m1/s1. The number of benzene rings is 1. The van der Waals surface area contributed by atoms with E-state index in [1.165, 1.54) is 17.8 Å². The van der Waals surface area contributed by atoms with E-state index in [4.69, 9.17) is 24.0 Å². The number of halogens is 1. The number of H-pyrrole nitrogens is 1. The lowest BCUT2D eigenvalue weighted by molar-refractivity contribution is -0.0714. The van der Waals surface area contributed by atoms with Crippen molar-refractivity contribution in [3.05, 3.63) is 52.6 Å². The summed E-state index contributed by atoms with van der Waals surface area (Å²) < 4.78 is 52.1. The lowest BCUT2D eigenvalue weighted by atomic mass is 9.98. The summed E-state index contributed by atoms with van der Waals surface area (Å²) in [5.74, 6) is -0.145. The molecule has 0 aliphatic carbocycles. The van der Waals surface area contributed by atoms with Gasteiger partial charge in [-0.05, 0) is 12.5 Å². The topological polar surface area (TPSA) is 144 Å². The Morgan fingerprint density at radius 1 is 1.42 bits per heavy atom. The van der Waals surface area contributed by atoms with Gasteiger partial charge < -0.3 is 10.5 Å². The van der Waals surface area contributed by atoms with Crippen LogP contribution in [-0.2, 0) is 29.5 Å². The highest BCUT2D eigenvalue weighted by Crippen LogP contribution is 2.60. The zero-order valence-corrected chi connectivity index (χ0v) is 17.2. The molecule has 0 saturated carbocycles. The van der Waals surface area contributed by atoms with Crippen LogP contribution in [0.15, 0.2) is 41.5 Å². The normalized spacial score (nSPS) is 32.9. The maximum Gasteiger partial charge on any atom is 0.475 e. The minimum atomic E-state index is -4.03.